The van der Waals surface area contributed by atoms with E-state index in [9.17, 15) is 18.0 Å². The molecule has 2 rings (SSSR count). The van der Waals surface area contributed by atoms with E-state index in [1.54, 1.807) is 34.9 Å². The first-order chi connectivity index (χ1) is 14.2. The minimum Gasteiger partial charge on any atom is -0.353 e. The molecule has 2 N–H and O–H groups in total. The second-order valence-electron chi connectivity index (χ2n) is 7.59. The molecule has 1 unspecified atom stereocenters. The van der Waals surface area contributed by atoms with Crippen molar-refractivity contribution in [2.45, 2.75) is 37.2 Å². The molecule has 0 bridgehead atoms. The van der Waals surface area contributed by atoms with Gasteiger partial charge in [-0.3, -0.25) is 14.5 Å². The SMILES string of the molecule is CSCCC(NS(=O)(=O)c1ccccc1)C(=O)N1CCN(CC(=O)NC(C)C)CC1. The van der Waals surface area contributed by atoms with Crippen LogP contribution in [-0.4, -0.2) is 86.8 Å². The summed E-state index contributed by atoms with van der Waals surface area (Å²) in [4.78, 5) is 28.9. The highest BCUT2D eigenvalue weighted by Crippen LogP contribution is 2.13. The van der Waals surface area contributed by atoms with Gasteiger partial charge in [-0.1, -0.05) is 18.2 Å². The molecule has 30 heavy (non-hydrogen) atoms. The zero-order chi connectivity index (χ0) is 22.1. The van der Waals surface area contributed by atoms with E-state index in [2.05, 4.69) is 10.0 Å². The number of amides is 2. The van der Waals surface area contributed by atoms with Gasteiger partial charge in [-0.15, -0.1) is 0 Å². The number of benzene rings is 1. The van der Waals surface area contributed by atoms with Gasteiger partial charge in [0, 0.05) is 32.2 Å². The molecule has 1 aromatic carbocycles. The van der Waals surface area contributed by atoms with Crippen LogP contribution in [0.15, 0.2) is 35.2 Å². The van der Waals surface area contributed by atoms with Gasteiger partial charge in [-0.25, -0.2) is 8.42 Å². The molecule has 8 nitrogen and oxygen atoms in total. The standard InChI is InChI=1S/C20H32N4O4S2/c1-16(2)21-19(25)15-23-10-12-24(13-11-23)20(26)18(9-14-29-3)22-30(27,28)17-7-5-4-6-8-17/h4-8,16,18,22H,9-15H2,1-3H3,(H,21,25). The number of nitrogens with zero attached hydrogens (tertiary/aromatic N) is 2. The third-order valence-electron chi connectivity index (χ3n) is 4.76. The van der Waals surface area contributed by atoms with Gasteiger partial charge < -0.3 is 10.2 Å². The maximum Gasteiger partial charge on any atom is 0.241 e. The largest absolute Gasteiger partial charge is 0.353 e. The first-order valence-electron chi connectivity index (χ1n) is 10.1. The number of carbonyl (C=O) groups excluding carboxylic acids is 2. The van der Waals surface area contributed by atoms with Crippen LogP contribution in [0.3, 0.4) is 0 Å². The second kappa shape index (κ2) is 11.7. The molecule has 1 aliphatic heterocycles. The number of rotatable bonds is 10. The van der Waals surface area contributed by atoms with E-state index in [0.717, 1.165) is 0 Å². The number of piperazine rings is 1. The molecule has 1 fully saturated rings. The Balaban J connectivity index is 1.98. The average Bonchev–Trinajstić information content (AvgIpc) is 2.71. The average molecular weight is 457 g/mol. The van der Waals surface area contributed by atoms with E-state index >= 15 is 0 Å². The zero-order valence-electron chi connectivity index (χ0n) is 17.8. The molecule has 2 amide bonds. The Hall–Kier alpha value is -1.62. The first kappa shape index (κ1) is 24.6. The predicted molar refractivity (Wildman–Crippen MR) is 120 cm³/mol. The number of nitrogens with one attached hydrogen (secondary N) is 2. The Labute approximate surface area is 183 Å². The molecule has 0 radical (unpaired) electrons. The summed E-state index contributed by atoms with van der Waals surface area (Å²) in [5, 5.41) is 2.87. The maximum atomic E-state index is 13.1. The van der Waals surface area contributed by atoms with Crippen molar-refractivity contribution >= 4 is 33.6 Å². The quantitative estimate of drug-likeness (QED) is 0.539. The predicted octanol–water partition coefficient (Wildman–Crippen LogP) is 0.755. The minimum atomic E-state index is -3.78. The molecule has 168 valence electrons. The van der Waals surface area contributed by atoms with E-state index in [4.69, 9.17) is 0 Å². The fourth-order valence-electron chi connectivity index (χ4n) is 3.24. The molecule has 1 heterocycles. The van der Waals surface area contributed by atoms with Crippen LogP contribution in [0.25, 0.3) is 0 Å². The summed E-state index contributed by atoms with van der Waals surface area (Å²) in [7, 11) is -3.78. The van der Waals surface area contributed by atoms with Gasteiger partial charge in [0.1, 0.15) is 6.04 Å². The summed E-state index contributed by atoms with van der Waals surface area (Å²) in [5.74, 6) is 0.427. The van der Waals surface area contributed by atoms with Gasteiger partial charge in [-0.2, -0.15) is 16.5 Å². The van der Waals surface area contributed by atoms with Crippen molar-refractivity contribution in [2.24, 2.45) is 0 Å². The van der Waals surface area contributed by atoms with Gasteiger partial charge in [0.05, 0.1) is 11.4 Å². The lowest BCUT2D eigenvalue weighted by Gasteiger charge is -2.36. The fraction of sp³-hybridized carbons (Fsp3) is 0.600. The van der Waals surface area contributed by atoms with Crippen LogP contribution in [-0.2, 0) is 19.6 Å². The van der Waals surface area contributed by atoms with Crippen molar-refractivity contribution in [2.75, 3.05) is 44.7 Å². The van der Waals surface area contributed by atoms with Gasteiger partial charge in [0.2, 0.25) is 21.8 Å². The molecule has 0 spiro atoms. The lowest BCUT2D eigenvalue weighted by atomic mass is 10.2. The Morgan fingerprint density at radius 1 is 1.10 bits per heavy atom. The van der Waals surface area contributed by atoms with Gasteiger partial charge in [0.25, 0.3) is 0 Å². The minimum absolute atomic E-state index is 0.0294. The monoisotopic (exact) mass is 456 g/mol. The lowest BCUT2D eigenvalue weighted by Crippen LogP contribution is -2.56. The van der Waals surface area contributed by atoms with E-state index in [-0.39, 0.29) is 22.8 Å². The molecular weight excluding hydrogens is 424 g/mol. The van der Waals surface area contributed by atoms with Crippen molar-refractivity contribution in [1.82, 2.24) is 19.8 Å². The van der Waals surface area contributed by atoms with Crippen molar-refractivity contribution in [3.8, 4) is 0 Å². The highest BCUT2D eigenvalue weighted by atomic mass is 32.2. The summed E-state index contributed by atoms with van der Waals surface area (Å²) < 4.78 is 28.0. The molecule has 1 atom stereocenters. The van der Waals surface area contributed by atoms with Gasteiger partial charge in [0.15, 0.2) is 0 Å². The zero-order valence-corrected chi connectivity index (χ0v) is 19.5. The summed E-state index contributed by atoms with van der Waals surface area (Å²) >= 11 is 1.57. The van der Waals surface area contributed by atoms with Crippen molar-refractivity contribution in [3.05, 3.63) is 30.3 Å². The molecule has 1 saturated heterocycles. The number of hydrogen-bond donors (Lipinski definition) is 2. The van der Waals surface area contributed by atoms with Crippen LogP contribution >= 0.6 is 11.8 Å². The molecular formula is C20H32N4O4S2. The van der Waals surface area contributed by atoms with E-state index in [1.165, 1.54) is 12.1 Å². The third kappa shape index (κ3) is 7.57. The first-order valence-corrected chi connectivity index (χ1v) is 13.0. The number of sulfonamides is 1. The lowest BCUT2D eigenvalue weighted by molar-refractivity contribution is -0.135. The smallest absolute Gasteiger partial charge is 0.241 e. The van der Waals surface area contributed by atoms with Crippen LogP contribution < -0.4 is 10.0 Å². The molecule has 0 saturated carbocycles. The summed E-state index contributed by atoms with van der Waals surface area (Å²) in [6.07, 6.45) is 2.34. The van der Waals surface area contributed by atoms with Gasteiger partial charge in [-0.05, 0) is 44.4 Å². The summed E-state index contributed by atoms with van der Waals surface area (Å²) in [6.45, 7) is 6.24. The molecule has 0 aromatic heterocycles. The molecule has 1 aliphatic rings. The third-order valence-corrected chi connectivity index (χ3v) is 6.89. The Kier molecular flexibility index (Phi) is 9.60. The van der Waals surface area contributed by atoms with Crippen LogP contribution in [0.4, 0.5) is 0 Å². The number of carbonyl (C=O) groups is 2. The molecule has 0 aliphatic carbocycles. The maximum absolute atomic E-state index is 13.1. The Bertz CT molecular complexity index is 794. The summed E-state index contributed by atoms with van der Waals surface area (Å²) in [6, 6.07) is 7.37. The summed E-state index contributed by atoms with van der Waals surface area (Å²) in [5.41, 5.74) is 0. The van der Waals surface area contributed by atoms with Crippen molar-refractivity contribution in [3.63, 3.8) is 0 Å². The number of thioether (sulfide) groups is 1. The molecule has 1 aromatic rings. The van der Waals surface area contributed by atoms with Crippen LogP contribution in [0.5, 0.6) is 0 Å². The Morgan fingerprint density at radius 3 is 2.30 bits per heavy atom. The number of hydrogen-bond acceptors (Lipinski definition) is 6. The fourth-order valence-corrected chi connectivity index (χ4v) is 4.96. The van der Waals surface area contributed by atoms with Crippen LogP contribution in [0.2, 0.25) is 0 Å². The normalized spacial score (nSPS) is 16.5. The van der Waals surface area contributed by atoms with Crippen molar-refractivity contribution in [1.29, 1.82) is 0 Å². The van der Waals surface area contributed by atoms with E-state index in [1.807, 2.05) is 25.0 Å². The van der Waals surface area contributed by atoms with E-state index in [0.29, 0.717) is 44.9 Å². The van der Waals surface area contributed by atoms with E-state index < -0.39 is 16.1 Å². The van der Waals surface area contributed by atoms with Crippen LogP contribution in [0.1, 0.15) is 20.3 Å². The van der Waals surface area contributed by atoms with Crippen molar-refractivity contribution < 1.29 is 18.0 Å². The second-order valence-corrected chi connectivity index (χ2v) is 10.3. The highest BCUT2D eigenvalue weighted by molar-refractivity contribution is 7.98. The van der Waals surface area contributed by atoms with Crippen LogP contribution in [0, 0.1) is 0 Å². The topological polar surface area (TPSA) is 98.8 Å². The van der Waals surface area contributed by atoms with Gasteiger partial charge >= 0.3 is 0 Å². The Morgan fingerprint density at radius 2 is 1.73 bits per heavy atom. The molecule has 10 heteroatoms. The highest BCUT2D eigenvalue weighted by Gasteiger charge is 2.31.